The number of thiophene rings is 1. The first-order chi connectivity index (χ1) is 11.6. The predicted octanol–water partition coefficient (Wildman–Crippen LogP) is 2.93. The van der Waals surface area contributed by atoms with Gasteiger partial charge in [-0.05, 0) is 48.2 Å². The zero-order chi connectivity index (χ0) is 16.7. The zero-order valence-corrected chi connectivity index (χ0v) is 14.0. The van der Waals surface area contributed by atoms with Crippen molar-refractivity contribution in [1.82, 2.24) is 15.5 Å². The van der Waals surface area contributed by atoms with E-state index in [0.717, 1.165) is 24.1 Å². The van der Waals surface area contributed by atoms with E-state index in [1.165, 1.54) is 11.3 Å². The highest BCUT2D eigenvalue weighted by atomic mass is 32.1. The van der Waals surface area contributed by atoms with Crippen LogP contribution in [0.15, 0.2) is 27.4 Å². The Bertz CT molecular complexity index is 884. The second kappa shape index (κ2) is 5.99. The Hall–Kier alpha value is -2.25. The SMILES string of the molecule is Cc1noc2nc(C3CC3)cc(C(=O)NCC(O)c3ccsc3)c12. The van der Waals surface area contributed by atoms with Gasteiger partial charge in [-0.1, -0.05) is 5.16 Å². The molecule has 1 fully saturated rings. The molecule has 3 heterocycles. The number of hydrogen-bond acceptors (Lipinski definition) is 6. The average Bonchev–Trinajstić information content (AvgIpc) is 3.16. The van der Waals surface area contributed by atoms with Gasteiger partial charge in [0.2, 0.25) is 0 Å². The van der Waals surface area contributed by atoms with E-state index in [1.54, 1.807) is 6.92 Å². The number of aliphatic hydroxyl groups excluding tert-OH is 1. The van der Waals surface area contributed by atoms with Crippen molar-refractivity contribution in [2.45, 2.75) is 31.8 Å². The Labute approximate surface area is 142 Å². The molecule has 0 aliphatic heterocycles. The molecule has 0 saturated heterocycles. The molecule has 0 radical (unpaired) electrons. The average molecular weight is 343 g/mol. The monoisotopic (exact) mass is 343 g/mol. The molecule has 124 valence electrons. The summed E-state index contributed by atoms with van der Waals surface area (Å²) >= 11 is 1.51. The summed E-state index contributed by atoms with van der Waals surface area (Å²) in [5, 5.41) is 21.3. The number of rotatable bonds is 5. The number of aliphatic hydroxyl groups is 1. The lowest BCUT2D eigenvalue weighted by atomic mass is 10.1. The van der Waals surface area contributed by atoms with Gasteiger partial charge >= 0.3 is 0 Å². The minimum atomic E-state index is -0.719. The summed E-state index contributed by atoms with van der Waals surface area (Å²) in [5.41, 5.74) is 3.24. The van der Waals surface area contributed by atoms with Crippen LogP contribution in [0.3, 0.4) is 0 Å². The molecule has 1 unspecified atom stereocenters. The summed E-state index contributed by atoms with van der Waals surface area (Å²) in [6, 6.07) is 3.68. The van der Waals surface area contributed by atoms with Crippen molar-refractivity contribution in [2.75, 3.05) is 6.54 Å². The highest BCUT2D eigenvalue weighted by Crippen LogP contribution is 2.40. The Morgan fingerprint density at radius 2 is 2.38 bits per heavy atom. The molecular weight excluding hydrogens is 326 g/mol. The van der Waals surface area contributed by atoms with Crippen LogP contribution >= 0.6 is 11.3 Å². The van der Waals surface area contributed by atoms with Crippen LogP contribution in [-0.2, 0) is 0 Å². The molecule has 1 saturated carbocycles. The van der Waals surface area contributed by atoms with Gasteiger partial charge in [-0.15, -0.1) is 0 Å². The van der Waals surface area contributed by atoms with E-state index in [-0.39, 0.29) is 12.5 Å². The number of nitrogens with one attached hydrogen (secondary N) is 1. The molecule has 7 heteroatoms. The number of carbonyl (C=O) groups is 1. The molecule has 6 nitrogen and oxygen atoms in total. The van der Waals surface area contributed by atoms with Gasteiger partial charge in [0.05, 0.1) is 22.7 Å². The lowest BCUT2D eigenvalue weighted by molar-refractivity contribution is 0.0918. The third-order valence-corrected chi connectivity index (χ3v) is 4.96. The van der Waals surface area contributed by atoms with Crippen LogP contribution in [0.4, 0.5) is 0 Å². The minimum absolute atomic E-state index is 0.155. The number of aryl methyl sites for hydroxylation is 1. The largest absolute Gasteiger partial charge is 0.387 e. The van der Waals surface area contributed by atoms with E-state index in [2.05, 4.69) is 15.5 Å². The van der Waals surface area contributed by atoms with Gasteiger partial charge in [0.1, 0.15) is 0 Å². The molecule has 3 aromatic heterocycles. The molecule has 1 aliphatic rings. The molecule has 1 amide bonds. The van der Waals surface area contributed by atoms with Crippen LogP contribution in [0.5, 0.6) is 0 Å². The molecule has 3 aromatic rings. The number of fused-ring (bicyclic) bond motifs is 1. The van der Waals surface area contributed by atoms with E-state index >= 15 is 0 Å². The first-order valence-electron chi connectivity index (χ1n) is 7.88. The van der Waals surface area contributed by atoms with E-state index in [9.17, 15) is 9.90 Å². The summed E-state index contributed by atoms with van der Waals surface area (Å²) in [6.07, 6.45) is 1.46. The summed E-state index contributed by atoms with van der Waals surface area (Å²) in [4.78, 5) is 17.1. The maximum Gasteiger partial charge on any atom is 0.259 e. The molecule has 2 N–H and O–H groups in total. The predicted molar refractivity (Wildman–Crippen MR) is 90.1 cm³/mol. The molecule has 0 bridgehead atoms. The Morgan fingerprint density at radius 1 is 1.54 bits per heavy atom. The van der Waals surface area contributed by atoms with Crippen LogP contribution in [0.25, 0.3) is 11.1 Å². The maximum absolute atomic E-state index is 12.7. The quantitative estimate of drug-likeness (QED) is 0.743. The van der Waals surface area contributed by atoms with Crippen LogP contribution in [0, 0.1) is 6.92 Å². The second-order valence-corrected chi connectivity index (χ2v) is 6.88. The summed E-state index contributed by atoms with van der Waals surface area (Å²) < 4.78 is 5.25. The van der Waals surface area contributed by atoms with Gasteiger partial charge in [0, 0.05) is 18.2 Å². The van der Waals surface area contributed by atoms with Gasteiger partial charge in [-0.25, -0.2) is 4.98 Å². The number of pyridine rings is 1. The zero-order valence-electron chi connectivity index (χ0n) is 13.2. The fourth-order valence-electron chi connectivity index (χ4n) is 2.75. The summed E-state index contributed by atoms with van der Waals surface area (Å²) in [6.45, 7) is 1.95. The standard InChI is InChI=1S/C17H17N3O3S/c1-9-15-12(6-13(10-2-3-10)19-17(15)23-20-9)16(22)18-7-14(21)11-4-5-24-8-11/h4-6,8,10,14,21H,2-3,7H2,1H3,(H,18,22). The van der Waals surface area contributed by atoms with Crippen molar-refractivity contribution in [1.29, 1.82) is 0 Å². The van der Waals surface area contributed by atoms with Crippen LogP contribution in [0.2, 0.25) is 0 Å². The molecular formula is C17H17N3O3S. The highest BCUT2D eigenvalue weighted by molar-refractivity contribution is 7.07. The van der Waals surface area contributed by atoms with E-state index in [4.69, 9.17) is 4.52 Å². The number of hydrogen-bond donors (Lipinski definition) is 2. The minimum Gasteiger partial charge on any atom is -0.387 e. The van der Waals surface area contributed by atoms with Crippen molar-refractivity contribution in [3.05, 3.63) is 45.4 Å². The number of aromatic nitrogens is 2. The first-order valence-corrected chi connectivity index (χ1v) is 8.83. The third kappa shape index (κ3) is 2.81. The molecule has 1 aliphatic carbocycles. The van der Waals surface area contributed by atoms with Crippen molar-refractivity contribution < 1.29 is 14.4 Å². The summed E-state index contributed by atoms with van der Waals surface area (Å²) in [5.74, 6) is 0.160. The topological polar surface area (TPSA) is 88.2 Å². The van der Waals surface area contributed by atoms with Gasteiger partial charge in [-0.2, -0.15) is 11.3 Å². The van der Waals surface area contributed by atoms with Crippen LogP contribution in [0.1, 0.15) is 52.2 Å². The molecule has 0 aromatic carbocycles. The highest BCUT2D eigenvalue weighted by Gasteiger charge is 2.28. The molecule has 24 heavy (non-hydrogen) atoms. The molecule has 1 atom stereocenters. The fraction of sp³-hybridized carbons (Fsp3) is 0.353. The molecule has 0 spiro atoms. The first kappa shape index (κ1) is 15.3. The number of carbonyl (C=O) groups excluding carboxylic acids is 1. The van der Waals surface area contributed by atoms with Crippen molar-refractivity contribution in [2.24, 2.45) is 0 Å². The number of amides is 1. The van der Waals surface area contributed by atoms with E-state index in [1.807, 2.05) is 22.9 Å². The van der Waals surface area contributed by atoms with E-state index in [0.29, 0.717) is 28.3 Å². The maximum atomic E-state index is 12.7. The van der Waals surface area contributed by atoms with Crippen molar-refractivity contribution in [3.8, 4) is 0 Å². The Kier molecular flexibility index (Phi) is 3.82. The second-order valence-electron chi connectivity index (χ2n) is 6.10. The Balaban J connectivity index is 1.60. The normalized spacial score (nSPS) is 15.6. The van der Waals surface area contributed by atoms with Gasteiger partial charge in [0.25, 0.3) is 11.6 Å². The van der Waals surface area contributed by atoms with Crippen LogP contribution in [-0.4, -0.2) is 27.7 Å². The Morgan fingerprint density at radius 3 is 3.08 bits per heavy atom. The van der Waals surface area contributed by atoms with Crippen LogP contribution < -0.4 is 5.32 Å². The van der Waals surface area contributed by atoms with Crippen molar-refractivity contribution in [3.63, 3.8) is 0 Å². The summed E-state index contributed by atoms with van der Waals surface area (Å²) in [7, 11) is 0. The van der Waals surface area contributed by atoms with Gasteiger partial charge in [-0.3, -0.25) is 4.79 Å². The lowest BCUT2D eigenvalue weighted by Gasteiger charge is -2.11. The van der Waals surface area contributed by atoms with Crippen molar-refractivity contribution >= 4 is 28.3 Å². The lowest BCUT2D eigenvalue weighted by Crippen LogP contribution is -2.28. The number of nitrogens with zero attached hydrogens (tertiary/aromatic N) is 2. The van der Waals surface area contributed by atoms with Gasteiger partial charge < -0.3 is 14.9 Å². The fourth-order valence-corrected chi connectivity index (χ4v) is 3.46. The molecule has 4 rings (SSSR count). The smallest absolute Gasteiger partial charge is 0.259 e. The van der Waals surface area contributed by atoms with E-state index < -0.39 is 6.10 Å². The third-order valence-electron chi connectivity index (χ3n) is 4.26. The van der Waals surface area contributed by atoms with Gasteiger partial charge in [0.15, 0.2) is 0 Å².